The van der Waals surface area contributed by atoms with Crippen molar-refractivity contribution < 1.29 is 18.7 Å². The number of furan rings is 1. The predicted molar refractivity (Wildman–Crippen MR) is 80.7 cm³/mol. The largest absolute Gasteiger partial charge is 0.449 e. The van der Waals surface area contributed by atoms with Gasteiger partial charge in [-0.05, 0) is 37.1 Å². The van der Waals surface area contributed by atoms with E-state index in [1.807, 2.05) is 0 Å². The molecule has 1 saturated heterocycles. The van der Waals surface area contributed by atoms with Gasteiger partial charge in [-0.2, -0.15) is 0 Å². The Balaban J connectivity index is 1.66. The van der Waals surface area contributed by atoms with E-state index in [-0.39, 0.29) is 11.8 Å². The average Bonchev–Trinajstić information content (AvgIpc) is 3.21. The van der Waals surface area contributed by atoms with Gasteiger partial charge in [-0.25, -0.2) is 0 Å². The van der Waals surface area contributed by atoms with E-state index in [9.17, 15) is 9.59 Å². The van der Waals surface area contributed by atoms with Crippen molar-refractivity contribution in [3.05, 3.63) is 48.2 Å². The summed E-state index contributed by atoms with van der Waals surface area (Å²) in [6.07, 6.45) is 2.70. The summed E-state index contributed by atoms with van der Waals surface area (Å²) in [4.78, 5) is 24.1. The van der Waals surface area contributed by atoms with Crippen molar-refractivity contribution in [1.29, 1.82) is 0 Å². The first-order chi connectivity index (χ1) is 10.7. The normalized spacial score (nSPS) is 17.2. The minimum atomic E-state index is -0.402. The second kappa shape index (κ2) is 6.44. The van der Waals surface area contributed by atoms with Gasteiger partial charge in [0.25, 0.3) is 11.8 Å². The molecule has 0 unspecified atom stereocenters. The number of anilines is 2. The van der Waals surface area contributed by atoms with Crippen LogP contribution in [-0.4, -0.2) is 24.5 Å². The van der Waals surface area contributed by atoms with Crippen LogP contribution in [0.15, 0.2) is 47.1 Å². The van der Waals surface area contributed by atoms with Crippen molar-refractivity contribution in [3.63, 3.8) is 0 Å². The second-order valence-electron chi connectivity index (χ2n) is 5.00. The van der Waals surface area contributed by atoms with Crippen LogP contribution >= 0.6 is 0 Å². The summed E-state index contributed by atoms with van der Waals surface area (Å²) < 4.78 is 10.4. The molecule has 0 radical (unpaired) electrons. The number of rotatable bonds is 4. The summed E-state index contributed by atoms with van der Waals surface area (Å²) in [7, 11) is 0. The summed E-state index contributed by atoms with van der Waals surface area (Å²) in [5, 5.41) is 5.40. The SMILES string of the molecule is O=C(Nc1ccco1)c1cccc(NC(=O)[C@H]2CCCO2)c1. The van der Waals surface area contributed by atoms with E-state index >= 15 is 0 Å². The van der Waals surface area contributed by atoms with E-state index in [0.29, 0.717) is 23.7 Å². The van der Waals surface area contributed by atoms with Crippen LogP contribution in [0.5, 0.6) is 0 Å². The lowest BCUT2D eigenvalue weighted by Crippen LogP contribution is -2.27. The van der Waals surface area contributed by atoms with Gasteiger partial charge in [-0.1, -0.05) is 6.07 Å². The van der Waals surface area contributed by atoms with Crippen LogP contribution < -0.4 is 10.6 Å². The molecule has 0 aliphatic carbocycles. The maximum Gasteiger partial charge on any atom is 0.258 e. The molecule has 3 rings (SSSR count). The standard InChI is InChI=1S/C16H16N2O4/c19-15(18-14-7-3-9-22-14)11-4-1-5-12(10-11)17-16(20)13-6-2-8-21-13/h1,3-5,7,9-10,13H,2,6,8H2,(H,17,20)(H,18,19)/t13-/m1/s1. The van der Waals surface area contributed by atoms with Crippen molar-refractivity contribution in [3.8, 4) is 0 Å². The van der Waals surface area contributed by atoms with Crippen LogP contribution in [-0.2, 0) is 9.53 Å². The van der Waals surface area contributed by atoms with Crippen LogP contribution in [0.3, 0.4) is 0 Å². The number of hydrogen-bond acceptors (Lipinski definition) is 4. The molecular formula is C16H16N2O4. The summed E-state index contributed by atoms with van der Waals surface area (Å²) >= 11 is 0. The molecule has 0 bridgehead atoms. The number of nitrogens with one attached hydrogen (secondary N) is 2. The third-order valence-electron chi connectivity index (χ3n) is 3.37. The average molecular weight is 300 g/mol. The van der Waals surface area contributed by atoms with Crippen LogP contribution in [0.25, 0.3) is 0 Å². The Morgan fingerprint density at radius 2 is 2.05 bits per heavy atom. The van der Waals surface area contributed by atoms with Gasteiger partial charge in [0.2, 0.25) is 0 Å². The van der Waals surface area contributed by atoms with Crippen LogP contribution in [0, 0.1) is 0 Å². The zero-order chi connectivity index (χ0) is 15.4. The van der Waals surface area contributed by atoms with E-state index in [1.165, 1.54) is 6.26 Å². The Morgan fingerprint density at radius 1 is 1.14 bits per heavy atom. The Morgan fingerprint density at radius 3 is 2.77 bits per heavy atom. The quantitative estimate of drug-likeness (QED) is 0.909. The summed E-state index contributed by atoms with van der Waals surface area (Å²) in [6.45, 7) is 0.615. The maximum atomic E-state index is 12.1. The molecule has 0 saturated carbocycles. The first-order valence-electron chi connectivity index (χ1n) is 7.10. The third kappa shape index (κ3) is 3.35. The maximum absolute atomic E-state index is 12.1. The van der Waals surface area contributed by atoms with Gasteiger partial charge in [0.15, 0.2) is 5.88 Å². The fourth-order valence-corrected chi connectivity index (χ4v) is 2.28. The molecule has 1 aliphatic heterocycles. The summed E-state index contributed by atoms with van der Waals surface area (Å²) in [5.41, 5.74) is 0.995. The highest BCUT2D eigenvalue weighted by atomic mass is 16.5. The van der Waals surface area contributed by atoms with Crippen molar-refractivity contribution >= 4 is 23.4 Å². The van der Waals surface area contributed by atoms with Crippen LogP contribution in [0.1, 0.15) is 23.2 Å². The lowest BCUT2D eigenvalue weighted by atomic mass is 10.1. The van der Waals surface area contributed by atoms with E-state index in [2.05, 4.69) is 10.6 Å². The molecule has 2 amide bonds. The number of hydrogen-bond donors (Lipinski definition) is 2. The fourth-order valence-electron chi connectivity index (χ4n) is 2.28. The molecule has 6 heteroatoms. The highest BCUT2D eigenvalue weighted by Crippen LogP contribution is 2.17. The summed E-state index contributed by atoms with van der Waals surface area (Å²) in [5.74, 6) is -0.108. The van der Waals surface area contributed by atoms with Gasteiger partial charge in [-0.3, -0.25) is 14.9 Å². The van der Waals surface area contributed by atoms with E-state index < -0.39 is 6.10 Å². The monoisotopic (exact) mass is 300 g/mol. The zero-order valence-corrected chi connectivity index (χ0v) is 11.9. The molecule has 6 nitrogen and oxygen atoms in total. The van der Waals surface area contributed by atoms with Crippen molar-refractivity contribution in [2.24, 2.45) is 0 Å². The third-order valence-corrected chi connectivity index (χ3v) is 3.37. The topological polar surface area (TPSA) is 80.6 Å². The molecule has 114 valence electrons. The Labute approximate surface area is 127 Å². The highest BCUT2D eigenvalue weighted by Gasteiger charge is 2.23. The van der Waals surface area contributed by atoms with Gasteiger partial charge in [0.1, 0.15) is 6.10 Å². The molecule has 1 aliphatic rings. The zero-order valence-electron chi connectivity index (χ0n) is 11.9. The molecule has 1 fully saturated rings. The molecule has 1 aromatic heterocycles. The minimum absolute atomic E-state index is 0.180. The molecule has 22 heavy (non-hydrogen) atoms. The molecule has 0 spiro atoms. The fraction of sp³-hybridized carbons (Fsp3) is 0.250. The van der Waals surface area contributed by atoms with Crippen molar-refractivity contribution in [2.45, 2.75) is 18.9 Å². The lowest BCUT2D eigenvalue weighted by Gasteiger charge is -2.11. The van der Waals surface area contributed by atoms with E-state index in [1.54, 1.807) is 36.4 Å². The molecule has 1 atom stereocenters. The molecule has 2 heterocycles. The predicted octanol–water partition coefficient (Wildman–Crippen LogP) is 2.65. The Kier molecular flexibility index (Phi) is 4.20. The van der Waals surface area contributed by atoms with Gasteiger partial charge >= 0.3 is 0 Å². The molecule has 2 aromatic rings. The van der Waals surface area contributed by atoms with Gasteiger partial charge in [-0.15, -0.1) is 0 Å². The van der Waals surface area contributed by atoms with Crippen molar-refractivity contribution in [2.75, 3.05) is 17.2 Å². The van der Waals surface area contributed by atoms with Crippen LogP contribution in [0.4, 0.5) is 11.6 Å². The number of amides is 2. The first-order valence-corrected chi connectivity index (χ1v) is 7.10. The van der Waals surface area contributed by atoms with Crippen LogP contribution in [0.2, 0.25) is 0 Å². The molecule has 1 aromatic carbocycles. The summed E-state index contributed by atoms with van der Waals surface area (Å²) in [6, 6.07) is 10.1. The Hall–Kier alpha value is -2.60. The smallest absolute Gasteiger partial charge is 0.258 e. The number of ether oxygens (including phenoxy) is 1. The molecule has 2 N–H and O–H groups in total. The molecular weight excluding hydrogens is 284 g/mol. The van der Waals surface area contributed by atoms with Gasteiger partial charge < -0.3 is 14.5 Å². The number of carbonyl (C=O) groups is 2. The lowest BCUT2D eigenvalue weighted by molar-refractivity contribution is -0.124. The van der Waals surface area contributed by atoms with Crippen molar-refractivity contribution in [1.82, 2.24) is 0 Å². The first kappa shape index (κ1) is 14.3. The van der Waals surface area contributed by atoms with Gasteiger partial charge in [0, 0.05) is 23.9 Å². The highest BCUT2D eigenvalue weighted by molar-refractivity contribution is 6.04. The minimum Gasteiger partial charge on any atom is -0.449 e. The Bertz CT molecular complexity index is 661. The number of carbonyl (C=O) groups excluding carboxylic acids is 2. The van der Waals surface area contributed by atoms with Gasteiger partial charge in [0.05, 0.1) is 6.26 Å². The second-order valence-corrected chi connectivity index (χ2v) is 5.00. The van der Waals surface area contributed by atoms with E-state index in [4.69, 9.17) is 9.15 Å². The van der Waals surface area contributed by atoms with E-state index in [0.717, 1.165) is 12.8 Å². The number of benzene rings is 1.